The topological polar surface area (TPSA) is 94.2 Å². The average Bonchev–Trinajstić information content (AvgIpc) is 2.60. The molecule has 1 aromatic carbocycles. The number of hydrogen-bond donors (Lipinski definition) is 3. The Hall–Kier alpha value is -2.51. The van der Waals surface area contributed by atoms with Crippen molar-refractivity contribution >= 4 is 30.2 Å². The number of nitrogens with one attached hydrogen (secondary N) is 1. The van der Waals surface area contributed by atoms with Crippen molar-refractivity contribution in [3.63, 3.8) is 0 Å². The van der Waals surface area contributed by atoms with E-state index in [1.165, 1.54) is 4.90 Å². The van der Waals surface area contributed by atoms with Crippen LogP contribution in [0.15, 0.2) is 12.1 Å². The van der Waals surface area contributed by atoms with Crippen LogP contribution in [0.25, 0.3) is 4.85 Å². The molecule has 29 heavy (non-hydrogen) atoms. The number of rotatable bonds is 9. The quantitative estimate of drug-likeness (QED) is 0.430. The number of hydrogen-bond acceptors (Lipinski definition) is 5. The third-order valence-electron chi connectivity index (χ3n) is 4.84. The molecule has 0 radical (unpaired) electrons. The number of Topliss-reactive ketones (excluding diaryl/α,β-unsaturated/α-hetero) is 1. The summed E-state index contributed by atoms with van der Waals surface area (Å²) in [6.07, 6.45) is 0.487. The molecule has 0 aliphatic carbocycles. The highest BCUT2D eigenvalue weighted by Gasteiger charge is 2.37. The van der Waals surface area contributed by atoms with Crippen molar-refractivity contribution in [3.05, 3.63) is 35.2 Å². The van der Waals surface area contributed by atoms with Crippen LogP contribution >= 0.6 is 0 Å². The van der Waals surface area contributed by atoms with Gasteiger partial charge in [0.05, 0.1) is 18.6 Å². The summed E-state index contributed by atoms with van der Waals surface area (Å²) in [5.41, 5.74) is -0.502. The van der Waals surface area contributed by atoms with E-state index in [0.717, 1.165) is 12.1 Å². The van der Waals surface area contributed by atoms with Crippen molar-refractivity contribution in [1.82, 2.24) is 5.32 Å². The van der Waals surface area contributed by atoms with Crippen LogP contribution in [-0.4, -0.2) is 47.4 Å². The van der Waals surface area contributed by atoms with Gasteiger partial charge in [0, 0.05) is 19.4 Å². The number of amides is 1. The molecule has 3 N–H and O–H groups in total. The number of halogens is 2. The first-order valence-electron chi connectivity index (χ1n) is 9.45. The Morgan fingerprint density at radius 3 is 2.38 bits per heavy atom. The zero-order chi connectivity index (χ0) is 21.7. The molecule has 1 saturated heterocycles. The lowest BCUT2D eigenvalue weighted by Crippen LogP contribution is -2.53. The van der Waals surface area contributed by atoms with Gasteiger partial charge in [0.2, 0.25) is 5.91 Å². The van der Waals surface area contributed by atoms with Crippen LogP contribution in [0.1, 0.15) is 39.5 Å². The van der Waals surface area contributed by atoms with E-state index in [4.69, 9.17) is 6.57 Å². The molecule has 1 aliphatic rings. The van der Waals surface area contributed by atoms with Gasteiger partial charge < -0.3 is 20.3 Å². The standard InChI is InChI=1S/C19H24BF2N3O4/c1-11(2)8-17(20(28)29)24-18(27)5-4-16(26)15-6-7-25(15)19-13(21)9-12(23-3)10-14(19)22/h9-11,15,17,28-29H,4-8H2,1-2H3,(H,24,27). The molecule has 1 amide bonds. The lowest BCUT2D eigenvalue weighted by Gasteiger charge is -2.42. The Labute approximate surface area is 168 Å². The Kier molecular flexibility index (Phi) is 7.70. The van der Waals surface area contributed by atoms with Gasteiger partial charge in [0.25, 0.3) is 0 Å². The Bertz CT molecular complexity index is 790. The van der Waals surface area contributed by atoms with Crippen molar-refractivity contribution in [2.75, 3.05) is 11.4 Å². The summed E-state index contributed by atoms with van der Waals surface area (Å²) in [4.78, 5) is 28.8. The predicted molar refractivity (Wildman–Crippen MR) is 104 cm³/mol. The summed E-state index contributed by atoms with van der Waals surface area (Å²) >= 11 is 0. The molecule has 10 heteroatoms. The van der Waals surface area contributed by atoms with Gasteiger partial charge in [-0.25, -0.2) is 13.6 Å². The lowest BCUT2D eigenvalue weighted by atomic mass is 9.75. The van der Waals surface area contributed by atoms with Crippen LogP contribution in [0.5, 0.6) is 0 Å². The van der Waals surface area contributed by atoms with E-state index in [2.05, 4.69) is 10.2 Å². The molecule has 2 rings (SSSR count). The number of anilines is 1. The van der Waals surface area contributed by atoms with E-state index in [9.17, 15) is 28.4 Å². The van der Waals surface area contributed by atoms with Gasteiger partial charge in [-0.1, -0.05) is 13.8 Å². The molecule has 156 valence electrons. The molecule has 7 nitrogen and oxygen atoms in total. The number of carbonyl (C=O) groups excluding carboxylic acids is 2. The van der Waals surface area contributed by atoms with Gasteiger partial charge in [-0.2, -0.15) is 0 Å². The number of benzene rings is 1. The van der Waals surface area contributed by atoms with Crippen LogP contribution < -0.4 is 10.2 Å². The van der Waals surface area contributed by atoms with Gasteiger partial charge >= 0.3 is 7.12 Å². The largest absolute Gasteiger partial charge is 0.475 e. The molecule has 2 atom stereocenters. The zero-order valence-corrected chi connectivity index (χ0v) is 16.4. The van der Waals surface area contributed by atoms with Crippen LogP contribution in [0.4, 0.5) is 20.2 Å². The number of carbonyl (C=O) groups is 2. The van der Waals surface area contributed by atoms with E-state index < -0.39 is 36.6 Å². The average molecular weight is 407 g/mol. The lowest BCUT2D eigenvalue weighted by molar-refractivity contribution is -0.126. The first kappa shape index (κ1) is 22.8. The van der Waals surface area contributed by atoms with Crippen molar-refractivity contribution in [1.29, 1.82) is 0 Å². The van der Waals surface area contributed by atoms with Gasteiger partial charge in [0.15, 0.2) is 11.5 Å². The van der Waals surface area contributed by atoms with Crippen LogP contribution in [0.2, 0.25) is 0 Å². The molecule has 1 aromatic rings. The summed E-state index contributed by atoms with van der Waals surface area (Å²) in [6.45, 7) is 10.9. The molecule has 1 heterocycles. The molecule has 1 aliphatic heterocycles. The summed E-state index contributed by atoms with van der Waals surface area (Å²) in [6, 6.07) is 1.11. The van der Waals surface area contributed by atoms with Crippen LogP contribution in [0, 0.1) is 24.1 Å². The van der Waals surface area contributed by atoms with Crippen LogP contribution in [0.3, 0.4) is 0 Å². The first-order valence-corrected chi connectivity index (χ1v) is 9.45. The number of ketones is 1. The van der Waals surface area contributed by atoms with Gasteiger partial charge in [-0.3, -0.25) is 9.59 Å². The second kappa shape index (κ2) is 9.81. The third-order valence-corrected chi connectivity index (χ3v) is 4.84. The molecular formula is C19H24BF2N3O4. The monoisotopic (exact) mass is 407 g/mol. The van der Waals surface area contributed by atoms with Gasteiger partial charge in [-0.15, -0.1) is 0 Å². The minimum Gasteiger partial charge on any atom is -0.426 e. The fourth-order valence-corrected chi connectivity index (χ4v) is 3.33. The highest BCUT2D eigenvalue weighted by atomic mass is 19.1. The predicted octanol–water partition coefficient (Wildman–Crippen LogP) is 1.99. The summed E-state index contributed by atoms with van der Waals surface area (Å²) in [5.74, 6) is -3.33. The second-order valence-corrected chi connectivity index (χ2v) is 7.55. The van der Waals surface area contributed by atoms with E-state index >= 15 is 0 Å². The molecule has 0 aromatic heterocycles. The summed E-state index contributed by atoms with van der Waals surface area (Å²) in [7, 11) is -1.71. The zero-order valence-electron chi connectivity index (χ0n) is 16.4. The van der Waals surface area contributed by atoms with Crippen molar-refractivity contribution in [2.24, 2.45) is 5.92 Å². The van der Waals surface area contributed by atoms with Gasteiger partial charge in [-0.05, 0) is 30.9 Å². The highest BCUT2D eigenvalue weighted by Crippen LogP contribution is 2.34. The maximum Gasteiger partial charge on any atom is 0.475 e. The Morgan fingerprint density at radius 2 is 1.93 bits per heavy atom. The SMILES string of the molecule is [C-]#[N+]c1cc(F)c(N2CCC2C(=O)CCC(=O)NC(CC(C)C)B(O)O)c(F)c1. The van der Waals surface area contributed by atoms with E-state index in [-0.39, 0.29) is 35.9 Å². The van der Waals surface area contributed by atoms with E-state index in [1.807, 2.05) is 13.8 Å². The number of nitrogens with zero attached hydrogens (tertiary/aromatic N) is 2. The minimum atomic E-state index is -1.71. The Balaban J connectivity index is 1.95. The molecule has 0 saturated carbocycles. The fourth-order valence-electron chi connectivity index (χ4n) is 3.33. The highest BCUT2D eigenvalue weighted by molar-refractivity contribution is 6.43. The molecule has 1 fully saturated rings. The Morgan fingerprint density at radius 1 is 1.31 bits per heavy atom. The fraction of sp³-hybridized carbons (Fsp3) is 0.526. The summed E-state index contributed by atoms with van der Waals surface area (Å²) in [5, 5.41) is 21.2. The molecule has 2 unspecified atom stereocenters. The normalized spacial score (nSPS) is 16.8. The smallest absolute Gasteiger partial charge is 0.426 e. The van der Waals surface area contributed by atoms with E-state index in [1.54, 1.807) is 0 Å². The van der Waals surface area contributed by atoms with E-state index in [0.29, 0.717) is 19.4 Å². The maximum atomic E-state index is 14.2. The summed E-state index contributed by atoms with van der Waals surface area (Å²) < 4.78 is 28.4. The van der Waals surface area contributed by atoms with Crippen LogP contribution in [-0.2, 0) is 9.59 Å². The molecule has 0 spiro atoms. The second-order valence-electron chi connectivity index (χ2n) is 7.55. The van der Waals surface area contributed by atoms with Crippen molar-refractivity contribution < 1.29 is 28.4 Å². The molecule has 0 bridgehead atoms. The first-order chi connectivity index (χ1) is 13.6. The minimum absolute atomic E-state index is 0.131. The van der Waals surface area contributed by atoms with Crippen molar-refractivity contribution in [2.45, 2.75) is 51.5 Å². The maximum absolute atomic E-state index is 14.2. The van der Waals surface area contributed by atoms with Crippen molar-refractivity contribution in [3.8, 4) is 0 Å². The molecular weight excluding hydrogens is 383 g/mol. The third kappa shape index (κ3) is 5.74. The van der Waals surface area contributed by atoms with Gasteiger partial charge in [0.1, 0.15) is 17.3 Å².